The lowest BCUT2D eigenvalue weighted by Gasteiger charge is -2.13. The summed E-state index contributed by atoms with van der Waals surface area (Å²) < 4.78 is 10.1. The van der Waals surface area contributed by atoms with E-state index in [1.165, 1.54) is 25.5 Å². The molecule has 2 aromatic carbocycles. The molecule has 0 saturated carbocycles. The zero-order chi connectivity index (χ0) is 19.8. The number of nitrogens with zero attached hydrogens (tertiary/aromatic N) is 1. The number of phenols is 1. The van der Waals surface area contributed by atoms with Crippen molar-refractivity contribution in [2.45, 2.75) is 13.0 Å². The predicted octanol–water partition coefficient (Wildman–Crippen LogP) is 1.74. The molecule has 0 unspecified atom stereocenters. The van der Waals surface area contributed by atoms with Gasteiger partial charge in [-0.2, -0.15) is 5.10 Å². The van der Waals surface area contributed by atoms with Crippen molar-refractivity contribution in [3.05, 3.63) is 53.6 Å². The molecule has 0 fully saturated rings. The van der Waals surface area contributed by atoms with Crippen LogP contribution in [0.4, 0.5) is 0 Å². The van der Waals surface area contributed by atoms with Crippen molar-refractivity contribution in [1.29, 1.82) is 0 Å². The number of hydrogen-bond acceptors (Lipinski definition) is 6. The molecule has 0 bridgehead atoms. The number of carbonyl (C=O) groups excluding carboxylic acids is 2. The number of hydrogen-bond donors (Lipinski definition) is 3. The second-order valence-corrected chi connectivity index (χ2v) is 5.60. The number of nitrogens with one attached hydrogen (secondary N) is 2. The van der Waals surface area contributed by atoms with Crippen LogP contribution in [0, 0.1) is 0 Å². The van der Waals surface area contributed by atoms with E-state index in [2.05, 4.69) is 15.8 Å². The van der Waals surface area contributed by atoms with Crippen LogP contribution in [0.5, 0.6) is 17.2 Å². The fraction of sp³-hybridized carbons (Fsp3) is 0.211. The lowest BCUT2D eigenvalue weighted by molar-refractivity contribution is -0.139. The number of amides is 2. The van der Waals surface area contributed by atoms with Crippen LogP contribution < -0.4 is 20.2 Å². The Kier molecular flexibility index (Phi) is 6.76. The number of carbonyl (C=O) groups is 2. The molecule has 0 saturated heterocycles. The molecule has 0 aliphatic rings. The average molecular weight is 371 g/mol. The Morgan fingerprint density at radius 3 is 2.41 bits per heavy atom. The molecule has 3 N–H and O–H groups in total. The summed E-state index contributed by atoms with van der Waals surface area (Å²) in [6.07, 6.45) is 1.33. The topological polar surface area (TPSA) is 109 Å². The molecule has 142 valence electrons. The number of ether oxygens (including phenoxy) is 2. The maximum absolute atomic E-state index is 12.0. The normalized spacial score (nSPS) is 11.7. The van der Waals surface area contributed by atoms with E-state index in [0.29, 0.717) is 11.3 Å². The predicted molar refractivity (Wildman–Crippen MR) is 99.9 cm³/mol. The molecule has 2 rings (SSSR count). The van der Waals surface area contributed by atoms with Gasteiger partial charge in [0.2, 0.25) is 0 Å². The van der Waals surface area contributed by atoms with Crippen molar-refractivity contribution in [2.75, 3.05) is 14.2 Å². The van der Waals surface area contributed by atoms with Crippen molar-refractivity contribution in [1.82, 2.24) is 10.7 Å². The first kappa shape index (κ1) is 19.8. The number of hydrazone groups is 1. The molecule has 8 nitrogen and oxygen atoms in total. The van der Waals surface area contributed by atoms with Crippen LogP contribution in [0.15, 0.2) is 47.6 Å². The standard InChI is InChI=1S/C19H21N3O5/c1-12(14-5-7-15(26-2)8-6-14)21-18(24)19(25)22-20-11-13-4-9-16(23)17(10-13)27-3/h4-12,23H,1-3H3,(H,21,24)(H,22,25)/b20-11-/t12-/m0/s1. The van der Waals surface area contributed by atoms with Crippen molar-refractivity contribution in [3.8, 4) is 17.2 Å². The monoisotopic (exact) mass is 371 g/mol. The van der Waals surface area contributed by atoms with Gasteiger partial charge in [-0.3, -0.25) is 9.59 Å². The van der Waals surface area contributed by atoms with Crippen molar-refractivity contribution < 1.29 is 24.2 Å². The SMILES string of the molecule is COc1ccc([C@H](C)NC(=O)C(=O)N/N=C\c2ccc(O)c(OC)c2)cc1. The highest BCUT2D eigenvalue weighted by molar-refractivity contribution is 6.35. The van der Waals surface area contributed by atoms with E-state index in [-0.39, 0.29) is 17.5 Å². The largest absolute Gasteiger partial charge is 0.504 e. The first-order chi connectivity index (χ1) is 12.9. The van der Waals surface area contributed by atoms with Crippen LogP contribution in [0.2, 0.25) is 0 Å². The van der Waals surface area contributed by atoms with Gasteiger partial charge in [-0.25, -0.2) is 5.43 Å². The molecule has 0 aliphatic carbocycles. The number of phenolic OH excluding ortho intramolecular Hbond substituents is 1. The minimum Gasteiger partial charge on any atom is -0.504 e. The maximum atomic E-state index is 12.0. The highest BCUT2D eigenvalue weighted by Crippen LogP contribution is 2.25. The Balaban J connectivity index is 1.90. The lowest BCUT2D eigenvalue weighted by atomic mass is 10.1. The second-order valence-electron chi connectivity index (χ2n) is 5.60. The van der Waals surface area contributed by atoms with Gasteiger partial charge in [0.15, 0.2) is 11.5 Å². The lowest BCUT2D eigenvalue weighted by Crippen LogP contribution is -2.39. The van der Waals surface area contributed by atoms with E-state index in [1.54, 1.807) is 44.4 Å². The van der Waals surface area contributed by atoms with Crippen molar-refractivity contribution >= 4 is 18.0 Å². The first-order valence-corrected chi connectivity index (χ1v) is 8.09. The summed E-state index contributed by atoms with van der Waals surface area (Å²) in [5.41, 5.74) is 3.56. The van der Waals surface area contributed by atoms with Crippen molar-refractivity contribution in [3.63, 3.8) is 0 Å². The summed E-state index contributed by atoms with van der Waals surface area (Å²) >= 11 is 0. The third-order valence-corrected chi connectivity index (χ3v) is 3.75. The third-order valence-electron chi connectivity index (χ3n) is 3.75. The quantitative estimate of drug-likeness (QED) is 0.407. The summed E-state index contributed by atoms with van der Waals surface area (Å²) in [4.78, 5) is 23.8. The molecule has 27 heavy (non-hydrogen) atoms. The molecule has 2 amide bonds. The summed E-state index contributed by atoms with van der Waals surface area (Å²) in [6, 6.07) is 11.3. The zero-order valence-corrected chi connectivity index (χ0v) is 15.2. The van der Waals surface area contributed by atoms with Gasteiger partial charge < -0.3 is 19.9 Å². The summed E-state index contributed by atoms with van der Waals surface area (Å²) in [6.45, 7) is 1.76. The maximum Gasteiger partial charge on any atom is 0.329 e. The molecule has 0 aromatic heterocycles. The van der Waals surface area contributed by atoms with Crippen molar-refractivity contribution in [2.24, 2.45) is 5.10 Å². The van der Waals surface area contributed by atoms with Crippen LogP contribution in [0.1, 0.15) is 24.1 Å². The Labute approximate surface area is 156 Å². The highest BCUT2D eigenvalue weighted by Gasteiger charge is 2.16. The molecule has 2 aromatic rings. The van der Waals surface area contributed by atoms with Gasteiger partial charge in [-0.1, -0.05) is 12.1 Å². The van der Waals surface area contributed by atoms with E-state index >= 15 is 0 Å². The van der Waals surface area contributed by atoms with Gasteiger partial charge in [0, 0.05) is 0 Å². The third kappa shape index (κ3) is 5.46. The van der Waals surface area contributed by atoms with Crippen LogP contribution in [-0.2, 0) is 9.59 Å². The van der Waals surface area contributed by atoms with E-state index in [1.807, 2.05) is 0 Å². The minimum absolute atomic E-state index is 0.00872. The van der Waals surface area contributed by atoms with E-state index in [9.17, 15) is 14.7 Å². The van der Waals surface area contributed by atoms with Crippen LogP contribution in [-0.4, -0.2) is 37.4 Å². The summed E-state index contributed by atoms with van der Waals surface area (Å²) in [7, 11) is 2.99. The molecular formula is C19H21N3O5. The summed E-state index contributed by atoms with van der Waals surface area (Å²) in [5, 5.41) is 15.8. The van der Waals surface area contributed by atoms with Crippen LogP contribution >= 0.6 is 0 Å². The molecule has 1 atom stereocenters. The Morgan fingerprint density at radius 2 is 1.78 bits per heavy atom. The Bertz CT molecular complexity index is 834. The Hall–Kier alpha value is -3.55. The van der Waals surface area contributed by atoms with Crippen LogP contribution in [0.3, 0.4) is 0 Å². The molecule has 0 spiro atoms. The zero-order valence-electron chi connectivity index (χ0n) is 15.2. The molecular weight excluding hydrogens is 350 g/mol. The summed E-state index contributed by atoms with van der Waals surface area (Å²) in [5.74, 6) is -0.728. The fourth-order valence-electron chi connectivity index (χ4n) is 2.23. The van der Waals surface area contributed by atoms with E-state index < -0.39 is 11.8 Å². The first-order valence-electron chi connectivity index (χ1n) is 8.09. The molecule has 0 aliphatic heterocycles. The van der Waals surface area contributed by atoms with Gasteiger partial charge in [0.05, 0.1) is 26.5 Å². The number of methoxy groups -OCH3 is 2. The van der Waals surface area contributed by atoms with Gasteiger partial charge in [-0.05, 0) is 48.4 Å². The molecule has 0 radical (unpaired) electrons. The Morgan fingerprint density at radius 1 is 1.07 bits per heavy atom. The molecule has 0 heterocycles. The van der Waals surface area contributed by atoms with E-state index in [4.69, 9.17) is 9.47 Å². The second kappa shape index (κ2) is 9.23. The van der Waals surface area contributed by atoms with Gasteiger partial charge in [-0.15, -0.1) is 0 Å². The minimum atomic E-state index is -0.891. The number of rotatable bonds is 6. The van der Waals surface area contributed by atoms with Gasteiger partial charge >= 0.3 is 11.8 Å². The van der Waals surface area contributed by atoms with Gasteiger partial charge in [0.25, 0.3) is 0 Å². The van der Waals surface area contributed by atoms with E-state index in [0.717, 1.165) is 5.56 Å². The van der Waals surface area contributed by atoms with Crippen LogP contribution in [0.25, 0.3) is 0 Å². The smallest absolute Gasteiger partial charge is 0.329 e. The number of aromatic hydroxyl groups is 1. The molecule has 8 heteroatoms. The fourth-order valence-corrected chi connectivity index (χ4v) is 2.23. The average Bonchev–Trinajstić information content (AvgIpc) is 2.69. The van der Waals surface area contributed by atoms with Gasteiger partial charge in [0.1, 0.15) is 5.75 Å². The highest BCUT2D eigenvalue weighted by atomic mass is 16.5. The number of benzene rings is 2.